The molecule has 10 heteroatoms. The highest BCUT2D eigenvalue weighted by Crippen LogP contribution is 2.38. The summed E-state index contributed by atoms with van der Waals surface area (Å²) in [4.78, 5) is 30.1. The number of dihydropyridines is 1. The van der Waals surface area contributed by atoms with Crippen molar-refractivity contribution < 1.29 is 13.2 Å². The number of aryl methyl sites for hydroxylation is 1. The zero-order valence-electron chi connectivity index (χ0n) is 17.1. The summed E-state index contributed by atoms with van der Waals surface area (Å²) in [6.45, 7) is 7.51. The number of hydrogen-bond acceptors (Lipinski definition) is 7. The molecule has 0 radical (unpaired) electrons. The van der Waals surface area contributed by atoms with Gasteiger partial charge in [-0.15, -0.1) is 0 Å². The number of aromatic nitrogens is 1. The fourth-order valence-electron chi connectivity index (χ4n) is 3.93. The topological polar surface area (TPSA) is 160 Å². The van der Waals surface area contributed by atoms with Gasteiger partial charge in [0, 0.05) is 23.4 Å². The van der Waals surface area contributed by atoms with E-state index in [1.165, 1.54) is 0 Å². The number of amides is 1. The Morgan fingerprint density at radius 1 is 1.33 bits per heavy atom. The molecule has 9 nitrogen and oxygen atoms in total. The number of nitrogen functional groups attached to an aromatic ring is 1. The second kappa shape index (κ2) is 8.10. The third kappa shape index (κ3) is 3.79. The molecule has 0 aromatic carbocycles. The number of anilines is 1. The minimum absolute atomic E-state index is 0.0411. The number of carbonyl (C=O) groups excluding carboxylic acids is 1. The molecule has 2 aliphatic rings. The minimum Gasteiger partial charge on any atom is -0.393 e. The number of sulfone groups is 1. The molecule has 1 amide bonds. The van der Waals surface area contributed by atoms with Gasteiger partial charge < -0.3 is 21.8 Å². The quantitative estimate of drug-likeness (QED) is 0.462. The van der Waals surface area contributed by atoms with Crippen molar-refractivity contribution in [2.45, 2.75) is 44.0 Å². The molecule has 2 heterocycles. The van der Waals surface area contributed by atoms with Crippen LogP contribution in [0.3, 0.4) is 0 Å². The molecule has 1 aliphatic carbocycles. The van der Waals surface area contributed by atoms with Crippen molar-refractivity contribution in [3.8, 4) is 0 Å². The summed E-state index contributed by atoms with van der Waals surface area (Å²) in [5.41, 5.74) is 13.2. The molecule has 0 saturated heterocycles. The molecule has 1 aliphatic heterocycles. The zero-order valence-corrected chi connectivity index (χ0v) is 17.9. The van der Waals surface area contributed by atoms with Crippen LogP contribution in [0.15, 0.2) is 32.4 Å². The minimum atomic E-state index is -3.88. The number of amidine groups is 1. The number of nitrogens with zero attached hydrogens (tertiary/aromatic N) is 1. The summed E-state index contributed by atoms with van der Waals surface area (Å²) in [6, 6.07) is -0.340. The first kappa shape index (κ1) is 21.8. The lowest BCUT2D eigenvalue weighted by Gasteiger charge is -2.29. The van der Waals surface area contributed by atoms with Gasteiger partial charge in [0.05, 0.1) is 11.8 Å². The standard InChI is InChI=1S/C20H27N5O4S/c1-10-11(2)24-19(22)16(14(10)7-23-9-26)15-12(3)25-20(27)17(21)18(15)30(28,29)8-13-5-4-6-13/h9,11,13H,1,4-8,21H2,2-3H3,(H2,22,24)(H,23,26)(H,25,27). The fourth-order valence-corrected chi connectivity index (χ4v) is 6.04. The number of pyridine rings is 1. The molecule has 1 unspecified atom stereocenters. The van der Waals surface area contributed by atoms with E-state index in [0.717, 1.165) is 19.3 Å². The number of carbonyl (C=O) groups is 1. The Kier molecular flexibility index (Phi) is 5.89. The van der Waals surface area contributed by atoms with Crippen molar-refractivity contribution in [2.24, 2.45) is 16.6 Å². The van der Waals surface area contributed by atoms with Crippen LogP contribution in [0.5, 0.6) is 0 Å². The first-order valence-electron chi connectivity index (χ1n) is 9.77. The molecule has 162 valence electrons. The molecule has 1 saturated carbocycles. The molecular weight excluding hydrogens is 406 g/mol. The SMILES string of the molecule is C=C1C(CNC=O)=C(c2c(C)[nH]c(=O)c(N)c2S(=O)(=O)CC2CCC2)C(N)=NC1C. The van der Waals surface area contributed by atoms with Crippen LogP contribution in [0.1, 0.15) is 37.4 Å². The Hall–Kier alpha value is -2.88. The summed E-state index contributed by atoms with van der Waals surface area (Å²) in [7, 11) is -3.88. The van der Waals surface area contributed by atoms with E-state index in [1.54, 1.807) is 13.8 Å². The van der Waals surface area contributed by atoms with Crippen LogP contribution >= 0.6 is 0 Å². The summed E-state index contributed by atoms with van der Waals surface area (Å²) in [6.07, 6.45) is 3.17. The van der Waals surface area contributed by atoms with Crippen LogP contribution in [0.25, 0.3) is 5.57 Å². The molecule has 3 rings (SSSR count). The van der Waals surface area contributed by atoms with Gasteiger partial charge in [-0.1, -0.05) is 13.0 Å². The highest BCUT2D eigenvalue weighted by Gasteiger charge is 2.35. The van der Waals surface area contributed by atoms with Crippen LogP contribution in [-0.4, -0.2) is 44.0 Å². The molecule has 0 bridgehead atoms. The van der Waals surface area contributed by atoms with Gasteiger partial charge in [0.15, 0.2) is 9.84 Å². The van der Waals surface area contributed by atoms with Crippen molar-refractivity contribution >= 4 is 33.3 Å². The van der Waals surface area contributed by atoms with Gasteiger partial charge in [0.25, 0.3) is 5.56 Å². The maximum absolute atomic E-state index is 13.4. The van der Waals surface area contributed by atoms with Gasteiger partial charge in [-0.3, -0.25) is 14.6 Å². The lowest BCUT2D eigenvalue weighted by molar-refractivity contribution is -0.109. The third-order valence-electron chi connectivity index (χ3n) is 5.78. The van der Waals surface area contributed by atoms with Crippen molar-refractivity contribution in [1.29, 1.82) is 0 Å². The second-order valence-corrected chi connectivity index (χ2v) is 9.81. The van der Waals surface area contributed by atoms with Gasteiger partial charge in [-0.25, -0.2) is 8.42 Å². The average Bonchev–Trinajstić information content (AvgIpc) is 2.63. The summed E-state index contributed by atoms with van der Waals surface area (Å²) >= 11 is 0. The van der Waals surface area contributed by atoms with Crippen LogP contribution in [0.4, 0.5) is 5.69 Å². The van der Waals surface area contributed by atoms with Gasteiger partial charge >= 0.3 is 0 Å². The van der Waals surface area contributed by atoms with Crippen LogP contribution in [0, 0.1) is 12.8 Å². The predicted octanol–water partition coefficient (Wildman–Crippen LogP) is 0.654. The van der Waals surface area contributed by atoms with Crippen LogP contribution in [0.2, 0.25) is 0 Å². The van der Waals surface area contributed by atoms with Crippen molar-refractivity contribution in [2.75, 3.05) is 18.0 Å². The Bertz CT molecular complexity index is 1130. The lowest BCUT2D eigenvalue weighted by Crippen LogP contribution is -2.32. The number of H-pyrrole nitrogens is 1. The number of aliphatic imine (C=N–C) groups is 1. The largest absolute Gasteiger partial charge is 0.393 e. The monoisotopic (exact) mass is 433 g/mol. The maximum atomic E-state index is 13.4. The molecule has 0 spiro atoms. The van der Waals surface area contributed by atoms with E-state index in [0.29, 0.717) is 28.8 Å². The number of rotatable bonds is 7. The van der Waals surface area contributed by atoms with Crippen molar-refractivity contribution in [3.63, 3.8) is 0 Å². The zero-order chi connectivity index (χ0) is 22.2. The summed E-state index contributed by atoms with van der Waals surface area (Å²) in [5.74, 6) is 0.0584. The Morgan fingerprint density at radius 2 is 2.00 bits per heavy atom. The first-order chi connectivity index (χ1) is 14.1. The smallest absolute Gasteiger partial charge is 0.272 e. The molecule has 1 atom stereocenters. The number of aromatic amines is 1. The molecule has 6 N–H and O–H groups in total. The van der Waals surface area contributed by atoms with Gasteiger partial charge in [0.2, 0.25) is 6.41 Å². The highest BCUT2D eigenvalue weighted by molar-refractivity contribution is 7.91. The number of nitrogens with two attached hydrogens (primary N) is 2. The van der Waals surface area contributed by atoms with E-state index >= 15 is 0 Å². The van der Waals surface area contributed by atoms with Crippen molar-refractivity contribution in [1.82, 2.24) is 10.3 Å². The van der Waals surface area contributed by atoms with Crippen molar-refractivity contribution in [3.05, 3.63) is 39.3 Å². The van der Waals surface area contributed by atoms with Crippen LogP contribution < -0.4 is 22.3 Å². The number of nitrogens with one attached hydrogen (secondary N) is 2. The van der Waals surface area contributed by atoms with E-state index in [1.807, 2.05) is 0 Å². The van der Waals surface area contributed by atoms with E-state index in [2.05, 4.69) is 21.9 Å². The Labute approximate surface area is 175 Å². The lowest BCUT2D eigenvalue weighted by atomic mass is 9.87. The van der Waals surface area contributed by atoms with E-state index in [-0.39, 0.29) is 46.2 Å². The summed E-state index contributed by atoms with van der Waals surface area (Å²) in [5, 5.41) is 2.58. The fraction of sp³-hybridized carbons (Fsp3) is 0.450. The van der Waals surface area contributed by atoms with Gasteiger partial charge in [-0.05, 0) is 43.8 Å². The molecule has 1 fully saturated rings. The van der Waals surface area contributed by atoms with Crippen LogP contribution in [-0.2, 0) is 14.6 Å². The molecule has 30 heavy (non-hydrogen) atoms. The van der Waals surface area contributed by atoms with Gasteiger partial charge in [-0.2, -0.15) is 0 Å². The first-order valence-corrected chi connectivity index (χ1v) is 11.4. The maximum Gasteiger partial charge on any atom is 0.272 e. The van der Waals surface area contributed by atoms with E-state index < -0.39 is 15.4 Å². The van der Waals surface area contributed by atoms with E-state index in [9.17, 15) is 18.0 Å². The normalized spacial score (nSPS) is 20.0. The number of hydrogen-bond donors (Lipinski definition) is 4. The highest BCUT2D eigenvalue weighted by atomic mass is 32.2. The Morgan fingerprint density at radius 3 is 2.57 bits per heavy atom. The summed E-state index contributed by atoms with van der Waals surface area (Å²) < 4.78 is 26.7. The van der Waals surface area contributed by atoms with E-state index in [4.69, 9.17) is 11.5 Å². The second-order valence-electron chi connectivity index (χ2n) is 7.84. The predicted molar refractivity (Wildman–Crippen MR) is 117 cm³/mol. The molecular formula is C20H27N5O4S. The average molecular weight is 434 g/mol. The van der Waals surface area contributed by atoms with Gasteiger partial charge in [0.1, 0.15) is 16.4 Å². The third-order valence-corrected chi connectivity index (χ3v) is 7.73. The molecule has 1 aromatic rings. The Balaban J connectivity index is 2.33. The molecule has 1 aromatic heterocycles.